The predicted molar refractivity (Wildman–Crippen MR) is 116 cm³/mol. The molecular formula is C24H25N3O5. The SMILES string of the molecule is COc1ccc(C2CN(C(=O)c3ccco3)CC2C(=O)NCc2ccccn2)c(OC)c1. The highest BCUT2D eigenvalue weighted by atomic mass is 16.5. The number of benzene rings is 1. The van der Waals surface area contributed by atoms with E-state index in [1.165, 1.54) is 6.26 Å². The van der Waals surface area contributed by atoms with E-state index in [-0.39, 0.29) is 30.0 Å². The van der Waals surface area contributed by atoms with Gasteiger partial charge in [-0.05, 0) is 30.3 Å². The van der Waals surface area contributed by atoms with Crippen molar-refractivity contribution in [2.24, 2.45) is 5.92 Å². The highest BCUT2D eigenvalue weighted by Gasteiger charge is 2.42. The minimum atomic E-state index is -0.458. The number of furan rings is 1. The van der Waals surface area contributed by atoms with E-state index in [0.29, 0.717) is 24.6 Å². The van der Waals surface area contributed by atoms with E-state index >= 15 is 0 Å². The monoisotopic (exact) mass is 435 g/mol. The van der Waals surface area contributed by atoms with Crippen LogP contribution < -0.4 is 14.8 Å². The Kier molecular flexibility index (Phi) is 6.39. The zero-order chi connectivity index (χ0) is 22.5. The Balaban J connectivity index is 1.60. The molecule has 3 heterocycles. The fourth-order valence-corrected chi connectivity index (χ4v) is 4.04. The molecule has 1 saturated heterocycles. The second-order valence-corrected chi connectivity index (χ2v) is 7.55. The molecule has 1 N–H and O–H groups in total. The molecule has 2 atom stereocenters. The third-order valence-corrected chi connectivity index (χ3v) is 5.69. The summed E-state index contributed by atoms with van der Waals surface area (Å²) < 4.78 is 16.2. The van der Waals surface area contributed by atoms with Crippen LogP contribution in [0, 0.1) is 5.92 Å². The average Bonchev–Trinajstić information content (AvgIpc) is 3.53. The Bertz CT molecular complexity index is 1070. The van der Waals surface area contributed by atoms with Crippen LogP contribution in [0.3, 0.4) is 0 Å². The van der Waals surface area contributed by atoms with Gasteiger partial charge in [-0.25, -0.2) is 0 Å². The summed E-state index contributed by atoms with van der Waals surface area (Å²) in [4.78, 5) is 32.0. The first-order valence-corrected chi connectivity index (χ1v) is 10.3. The Morgan fingerprint density at radius 3 is 2.69 bits per heavy atom. The van der Waals surface area contributed by atoms with E-state index in [9.17, 15) is 9.59 Å². The van der Waals surface area contributed by atoms with Crippen LogP contribution >= 0.6 is 0 Å². The molecule has 4 rings (SSSR count). The fourth-order valence-electron chi connectivity index (χ4n) is 4.04. The number of aromatic nitrogens is 1. The van der Waals surface area contributed by atoms with Gasteiger partial charge in [-0.1, -0.05) is 12.1 Å². The number of carbonyl (C=O) groups excluding carboxylic acids is 2. The molecule has 1 fully saturated rings. The van der Waals surface area contributed by atoms with Crippen molar-refractivity contribution in [3.05, 3.63) is 78.0 Å². The van der Waals surface area contributed by atoms with Gasteiger partial charge in [-0.2, -0.15) is 0 Å². The number of likely N-dealkylation sites (tertiary alicyclic amines) is 1. The van der Waals surface area contributed by atoms with Gasteiger partial charge in [0.05, 0.1) is 38.6 Å². The molecule has 0 spiro atoms. The van der Waals surface area contributed by atoms with Crippen molar-refractivity contribution in [2.45, 2.75) is 12.5 Å². The number of methoxy groups -OCH3 is 2. The predicted octanol–water partition coefficient (Wildman–Crippen LogP) is 2.86. The molecule has 1 aliphatic heterocycles. The quantitative estimate of drug-likeness (QED) is 0.613. The van der Waals surface area contributed by atoms with Crippen LogP contribution in [0.15, 0.2) is 65.4 Å². The van der Waals surface area contributed by atoms with Crippen LogP contribution in [-0.2, 0) is 11.3 Å². The van der Waals surface area contributed by atoms with Gasteiger partial charge in [0.15, 0.2) is 5.76 Å². The molecule has 2 unspecified atom stereocenters. The van der Waals surface area contributed by atoms with E-state index in [0.717, 1.165) is 11.3 Å². The van der Waals surface area contributed by atoms with Crippen LogP contribution in [0.1, 0.15) is 27.7 Å². The first kappa shape index (κ1) is 21.4. The molecule has 2 aromatic heterocycles. The number of pyridine rings is 1. The molecule has 0 saturated carbocycles. The first-order chi connectivity index (χ1) is 15.6. The van der Waals surface area contributed by atoms with Gasteiger partial charge in [0.1, 0.15) is 11.5 Å². The van der Waals surface area contributed by atoms with Crippen molar-refractivity contribution in [3.8, 4) is 11.5 Å². The maximum atomic E-state index is 13.2. The van der Waals surface area contributed by atoms with E-state index in [1.54, 1.807) is 43.5 Å². The molecule has 166 valence electrons. The zero-order valence-electron chi connectivity index (χ0n) is 18.0. The van der Waals surface area contributed by atoms with Crippen molar-refractivity contribution in [3.63, 3.8) is 0 Å². The first-order valence-electron chi connectivity index (χ1n) is 10.3. The van der Waals surface area contributed by atoms with Crippen molar-refractivity contribution >= 4 is 11.8 Å². The Hall–Kier alpha value is -3.81. The van der Waals surface area contributed by atoms with E-state index in [2.05, 4.69) is 10.3 Å². The highest BCUT2D eigenvalue weighted by molar-refractivity contribution is 5.92. The lowest BCUT2D eigenvalue weighted by molar-refractivity contribution is -0.125. The molecule has 32 heavy (non-hydrogen) atoms. The molecular weight excluding hydrogens is 410 g/mol. The van der Waals surface area contributed by atoms with Gasteiger partial charge in [-0.15, -0.1) is 0 Å². The molecule has 0 bridgehead atoms. The lowest BCUT2D eigenvalue weighted by atomic mass is 9.87. The molecule has 2 amide bonds. The second kappa shape index (κ2) is 9.55. The highest BCUT2D eigenvalue weighted by Crippen LogP contribution is 2.39. The number of hydrogen-bond acceptors (Lipinski definition) is 6. The standard InChI is InChI=1S/C24H25N3O5/c1-30-17-8-9-18(22(12-17)31-2)19-14-27(24(29)21-7-5-11-32-21)15-20(19)23(28)26-13-16-6-3-4-10-25-16/h3-12,19-20H,13-15H2,1-2H3,(H,26,28). The van der Waals surface area contributed by atoms with Crippen LogP contribution in [0.5, 0.6) is 11.5 Å². The second-order valence-electron chi connectivity index (χ2n) is 7.55. The lowest BCUT2D eigenvalue weighted by Gasteiger charge is -2.21. The normalized spacial score (nSPS) is 17.8. The van der Waals surface area contributed by atoms with Crippen LogP contribution in [-0.4, -0.2) is 49.0 Å². The third kappa shape index (κ3) is 4.44. The summed E-state index contributed by atoms with van der Waals surface area (Å²) in [5.41, 5.74) is 1.61. The van der Waals surface area contributed by atoms with Gasteiger partial charge in [-0.3, -0.25) is 14.6 Å². The molecule has 1 aromatic carbocycles. The smallest absolute Gasteiger partial charge is 0.289 e. The largest absolute Gasteiger partial charge is 0.497 e. The fraction of sp³-hybridized carbons (Fsp3) is 0.292. The summed E-state index contributed by atoms with van der Waals surface area (Å²) in [6, 6.07) is 14.4. The summed E-state index contributed by atoms with van der Waals surface area (Å²) in [6.45, 7) is 0.950. The van der Waals surface area contributed by atoms with Crippen LogP contribution in [0.2, 0.25) is 0 Å². The zero-order valence-corrected chi connectivity index (χ0v) is 18.0. The lowest BCUT2D eigenvalue weighted by Crippen LogP contribution is -2.35. The molecule has 8 nitrogen and oxygen atoms in total. The molecule has 1 aliphatic rings. The van der Waals surface area contributed by atoms with Gasteiger partial charge >= 0.3 is 0 Å². The summed E-state index contributed by atoms with van der Waals surface area (Å²) >= 11 is 0. The maximum absolute atomic E-state index is 13.2. The molecule has 8 heteroatoms. The van der Waals surface area contributed by atoms with E-state index < -0.39 is 5.92 Å². The van der Waals surface area contributed by atoms with Crippen molar-refractivity contribution in [1.82, 2.24) is 15.2 Å². The Morgan fingerprint density at radius 2 is 2.00 bits per heavy atom. The van der Waals surface area contributed by atoms with E-state index in [4.69, 9.17) is 13.9 Å². The summed E-state index contributed by atoms with van der Waals surface area (Å²) in [5.74, 6) is 0.423. The summed E-state index contributed by atoms with van der Waals surface area (Å²) in [5, 5.41) is 2.97. The van der Waals surface area contributed by atoms with Gasteiger partial charge in [0.25, 0.3) is 5.91 Å². The third-order valence-electron chi connectivity index (χ3n) is 5.69. The number of amides is 2. The number of hydrogen-bond donors (Lipinski definition) is 1. The maximum Gasteiger partial charge on any atom is 0.289 e. The Morgan fingerprint density at radius 1 is 1.12 bits per heavy atom. The van der Waals surface area contributed by atoms with Gasteiger partial charge < -0.3 is 24.1 Å². The minimum Gasteiger partial charge on any atom is -0.497 e. The van der Waals surface area contributed by atoms with Crippen molar-refractivity contribution in [2.75, 3.05) is 27.3 Å². The Labute approximate surface area is 186 Å². The van der Waals surface area contributed by atoms with Crippen LogP contribution in [0.4, 0.5) is 0 Å². The van der Waals surface area contributed by atoms with E-state index in [1.807, 2.05) is 30.3 Å². The number of nitrogens with one attached hydrogen (secondary N) is 1. The topological polar surface area (TPSA) is 93.9 Å². The summed E-state index contributed by atoms with van der Waals surface area (Å²) in [7, 11) is 3.16. The number of ether oxygens (including phenoxy) is 2. The average molecular weight is 435 g/mol. The van der Waals surface area contributed by atoms with Crippen molar-refractivity contribution < 1.29 is 23.5 Å². The van der Waals surface area contributed by atoms with Gasteiger partial charge in [0.2, 0.25) is 5.91 Å². The minimum absolute atomic E-state index is 0.145. The molecule has 0 radical (unpaired) electrons. The summed E-state index contributed by atoms with van der Waals surface area (Å²) in [6.07, 6.45) is 3.15. The van der Waals surface area contributed by atoms with Gasteiger partial charge in [0, 0.05) is 36.8 Å². The number of rotatable bonds is 7. The molecule has 3 aromatic rings. The number of nitrogens with zero attached hydrogens (tertiary/aromatic N) is 2. The van der Waals surface area contributed by atoms with Crippen LogP contribution in [0.25, 0.3) is 0 Å². The molecule has 0 aliphatic carbocycles. The number of carbonyl (C=O) groups is 2. The van der Waals surface area contributed by atoms with Crippen molar-refractivity contribution in [1.29, 1.82) is 0 Å².